The molecule has 0 spiro atoms. The Labute approximate surface area is 119 Å². The van der Waals surface area contributed by atoms with Gasteiger partial charge in [0.15, 0.2) is 5.75 Å². The van der Waals surface area contributed by atoms with Crippen molar-refractivity contribution >= 4 is 21.9 Å². The van der Waals surface area contributed by atoms with Crippen LogP contribution in [-0.4, -0.2) is 55.1 Å². The summed E-state index contributed by atoms with van der Waals surface area (Å²) >= 11 is 0. The topological polar surface area (TPSA) is 104 Å². The van der Waals surface area contributed by atoms with Crippen LogP contribution < -0.4 is 5.32 Å². The van der Waals surface area contributed by atoms with E-state index >= 15 is 0 Å². The molecule has 0 bridgehead atoms. The number of nitrogens with zero attached hydrogens (tertiary/aromatic N) is 1. The van der Waals surface area contributed by atoms with Crippen molar-refractivity contribution in [2.45, 2.75) is 32.6 Å². The molecule has 1 saturated heterocycles. The van der Waals surface area contributed by atoms with Crippen LogP contribution in [-0.2, 0) is 19.6 Å². The lowest BCUT2D eigenvalue weighted by atomic mass is 9.97. The molecule has 1 fully saturated rings. The minimum atomic E-state index is -3.75. The summed E-state index contributed by atoms with van der Waals surface area (Å²) in [5.41, 5.74) is 0. The van der Waals surface area contributed by atoms with Crippen molar-refractivity contribution in [3.05, 3.63) is 0 Å². The molecule has 1 heterocycles. The third-order valence-corrected chi connectivity index (χ3v) is 5.12. The number of amides is 1. The average molecular weight is 306 g/mol. The van der Waals surface area contributed by atoms with E-state index in [0.29, 0.717) is 19.4 Å². The highest BCUT2D eigenvalue weighted by atomic mass is 32.2. The zero-order valence-corrected chi connectivity index (χ0v) is 12.5. The highest BCUT2D eigenvalue weighted by Crippen LogP contribution is 2.20. The van der Waals surface area contributed by atoms with Gasteiger partial charge in [-0.1, -0.05) is 13.3 Å². The van der Waals surface area contributed by atoms with E-state index in [2.05, 4.69) is 5.32 Å². The fourth-order valence-corrected chi connectivity index (χ4v) is 3.44. The molecule has 0 aliphatic carbocycles. The molecule has 2 N–H and O–H groups in total. The van der Waals surface area contributed by atoms with Gasteiger partial charge in [-0.25, -0.2) is 12.7 Å². The van der Waals surface area contributed by atoms with Crippen LogP contribution in [0.1, 0.15) is 32.6 Å². The number of sulfonamides is 1. The lowest BCUT2D eigenvalue weighted by Crippen LogP contribution is -2.44. The first-order valence-electron chi connectivity index (χ1n) is 6.84. The Bertz CT molecular complexity index is 441. The molecule has 0 aromatic carbocycles. The van der Waals surface area contributed by atoms with Crippen LogP contribution in [0.5, 0.6) is 0 Å². The minimum absolute atomic E-state index is 0.0336. The van der Waals surface area contributed by atoms with Crippen LogP contribution in [0.15, 0.2) is 0 Å². The maximum absolute atomic E-state index is 11.8. The second-order valence-corrected chi connectivity index (χ2v) is 6.94. The molecule has 116 valence electrons. The Morgan fingerprint density at radius 1 is 1.30 bits per heavy atom. The predicted octanol–water partition coefficient (Wildman–Crippen LogP) is 0.0291. The number of rotatable bonds is 7. The van der Waals surface area contributed by atoms with Gasteiger partial charge in [-0.3, -0.25) is 9.59 Å². The van der Waals surface area contributed by atoms with E-state index in [4.69, 9.17) is 5.11 Å². The first kappa shape index (κ1) is 16.9. The average Bonchev–Trinajstić information content (AvgIpc) is 2.37. The second-order valence-electron chi connectivity index (χ2n) is 4.97. The summed E-state index contributed by atoms with van der Waals surface area (Å²) in [5.74, 6) is -2.46. The third-order valence-electron chi connectivity index (χ3n) is 3.35. The molecule has 0 unspecified atom stereocenters. The number of piperidine rings is 1. The van der Waals surface area contributed by atoms with Crippen LogP contribution in [0, 0.1) is 5.92 Å². The first-order chi connectivity index (χ1) is 9.36. The quantitative estimate of drug-likeness (QED) is 0.646. The molecule has 0 aromatic heterocycles. The SMILES string of the molecule is CCCCNC(=O)C1CCN(S(=O)(=O)CC(=O)O)CC1. The molecule has 0 atom stereocenters. The Morgan fingerprint density at radius 3 is 2.40 bits per heavy atom. The standard InChI is InChI=1S/C12H22N2O5S/c1-2-3-6-13-12(17)10-4-7-14(8-5-10)20(18,19)9-11(15)16/h10H,2-9H2,1H3,(H,13,17)(H,15,16). The van der Waals surface area contributed by atoms with Gasteiger partial charge in [0.1, 0.15) is 0 Å². The van der Waals surface area contributed by atoms with E-state index in [-0.39, 0.29) is 24.9 Å². The van der Waals surface area contributed by atoms with Crippen molar-refractivity contribution in [3.8, 4) is 0 Å². The summed E-state index contributed by atoms with van der Waals surface area (Å²) in [4.78, 5) is 22.3. The molecule has 0 saturated carbocycles. The third kappa shape index (κ3) is 5.09. The molecule has 1 aliphatic heterocycles. The summed E-state index contributed by atoms with van der Waals surface area (Å²) in [6.07, 6.45) is 2.82. The number of hydrogen-bond acceptors (Lipinski definition) is 4. The number of aliphatic carboxylic acids is 1. The molecular weight excluding hydrogens is 284 g/mol. The summed E-state index contributed by atoms with van der Waals surface area (Å²) in [6.45, 7) is 3.10. The van der Waals surface area contributed by atoms with Crippen LogP contribution >= 0.6 is 0 Å². The largest absolute Gasteiger partial charge is 0.480 e. The van der Waals surface area contributed by atoms with Crippen molar-refractivity contribution in [3.63, 3.8) is 0 Å². The van der Waals surface area contributed by atoms with Crippen molar-refractivity contribution in [2.75, 3.05) is 25.4 Å². The molecule has 8 heteroatoms. The van der Waals surface area contributed by atoms with Crippen molar-refractivity contribution in [1.82, 2.24) is 9.62 Å². The zero-order valence-electron chi connectivity index (χ0n) is 11.7. The number of carbonyl (C=O) groups is 2. The van der Waals surface area contributed by atoms with Crippen molar-refractivity contribution < 1.29 is 23.1 Å². The lowest BCUT2D eigenvalue weighted by Gasteiger charge is -2.30. The highest BCUT2D eigenvalue weighted by molar-refractivity contribution is 7.89. The van der Waals surface area contributed by atoms with E-state index in [1.54, 1.807) is 0 Å². The van der Waals surface area contributed by atoms with Crippen LogP contribution in [0.3, 0.4) is 0 Å². The monoisotopic (exact) mass is 306 g/mol. The summed E-state index contributed by atoms with van der Waals surface area (Å²) in [7, 11) is -3.75. The molecule has 7 nitrogen and oxygen atoms in total. The number of hydrogen-bond donors (Lipinski definition) is 2. The number of carboxylic acid groups (broad SMARTS) is 1. The maximum atomic E-state index is 11.8. The van der Waals surface area contributed by atoms with Gasteiger partial charge in [0, 0.05) is 25.6 Å². The zero-order chi connectivity index (χ0) is 15.2. The highest BCUT2D eigenvalue weighted by Gasteiger charge is 2.32. The van der Waals surface area contributed by atoms with Crippen LogP contribution in [0.2, 0.25) is 0 Å². The molecule has 0 radical (unpaired) electrons. The summed E-state index contributed by atoms with van der Waals surface area (Å²) in [5, 5.41) is 11.4. The molecule has 1 amide bonds. The fraction of sp³-hybridized carbons (Fsp3) is 0.833. The number of carboxylic acids is 1. The first-order valence-corrected chi connectivity index (χ1v) is 8.45. The molecule has 0 aromatic rings. The van der Waals surface area contributed by atoms with E-state index in [9.17, 15) is 18.0 Å². The minimum Gasteiger partial charge on any atom is -0.480 e. The van der Waals surface area contributed by atoms with E-state index in [0.717, 1.165) is 17.1 Å². The number of carbonyl (C=O) groups excluding carboxylic acids is 1. The predicted molar refractivity (Wildman–Crippen MR) is 73.6 cm³/mol. The number of nitrogens with one attached hydrogen (secondary N) is 1. The van der Waals surface area contributed by atoms with Gasteiger partial charge in [0.25, 0.3) is 0 Å². The molecule has 20 heavy (non-hydrogen) atoms. The molecular formula is C12H22N2O5S. The van der Waals surface area contributed by atoms with Crippen LogP contribution in [0.4, 0.5) is 0 Å². The van der Waals surface area contributed by atoms with Gasteiger partial charge in [0.05, 0.1) is 0 Å². The van der Waals surface area contributed by atoms with Crippen molar-refractivity contribution in [2.24, 2.45) is 5.92 Å². The van der Waals surface area contributed by atoms with E-state index in [1.165, 1.54) is 0 Å². The Hall–Kier alpha value is -1.15. The van der Waals surface area contributed by atoms with Gasteiger partial charge >= 0.3 is 5.97 Å². The van der Waals surface area contributed by atoms with E-state index in [1.807, 2.05) is 6.92 Å². The van der Waals surface area contributed by atoms with Gasteiger partial charge < -0.3 is 10.4 Å². The maximum Gasteiger partial charge on any atom is 0.320 e. The van der Waals surface area contributed by atoms with Gasteiger partial charge in [-0.05, 0) is 19.3 Å². The van der Waals surface area contributed by atoms with Gasteiger partial charge in [-0.2, -0.15) is 0 Å². The fourth-order valence-electron chi connectivity index (χ4n) is 2.18. The summed E-state index contributed by atoms with van der Waals surface area (Å²) in [6, 6.07) is 0. The smallest absolute Gasteiger partial charge is 0.320 e. The Kier molecular flexibility index (Phi) is 6.41. The second kappa shape index (κ2) is 7.58. The summed E-state index contributed by atoms with van der Waals surface area (Å²) < 4.78 is 24.6. The molecule has 1 rings (SSSR count). The lowest BCUT2D eigenvalue weighted by molar-refractivity contribution is -0.134. The van der Waals surface area contributed by atoms with E-state index < -0.39 is 21.7 Å². The Balaban J connectivity index is 2.43. The van der Waals surface area contributed by atoms with Gasteiger partial charge in [0.2, 0.25) is 15.9 Å². The Morgan fingerprint density at radius 2 is 1.90 bits per heavy atom. The van der Waals surface area contributed by atoms with Crippen molar-refractivity contribution in [1.29, 1.82) is 0 Å². The molecule has 1 aliphatic rings. The van der Waals surface area contributed by atoms with Crippen LogP contribution in [0.25, 0.3) is 0 Å². The normalized spacial score (nSPS) is 17.9. The number of unbranched alkanes of at least 4 members (excludes halogenated alkanes) is 1. The van der Waals surface area contributed by atoms with Gasteiger partial charge in [-0.15, -0.1) is 0 Å².